The maximum Gasteiger partial charge on any atom is 0.328 e. The van der Waals surface area contributed by atoms with Gasteiger partial charge in [-0.2, -0.15) is 0 Å². The van der Waals surface area contributed by atoms with Gasteiger partial charge >= 0.3 is 11.7 Å². The van der Waals surface area contributed by atoms with E-state index in [2.05, 4.69) is 10.3 Å². The lowest BCUT2D eigenvalue weighted by Gasteiger charge is -2.12. The van der Waals surface area contributed by atoms with Gasteiger partial charge in [-0.1, -0.05) is 24.3 Å². The van der Waals surface area contributed by atoms with E-state index in [9.17, 15) is 14.4 Å². The van der Waals surface area contributed by atoms with Crippen molar-refractivity contribution in [1.82, 2.24) is 14.9 Å². The number of hydrogen-bond acceptors (Lipinski definition) is 5. The number of ether oxygens (including phenoxy) is 2. The number of esters is 1. The molecular weight excluding hydrogens is 398 g/mol. The van der Waals surface area contributed by atoms with Crippen molar-refractivity contribution < 1.29 is 19.1 Å². The summed E-state index contributed by atoms with van der Waals surface area (Å²) in [4.78, 5) is 39.0. The maximum atomic E-state index is 12.1. The fraction of sp³-hybridized carbons (Fsp3) is 0.261. The van der Waals surface area contributed by atoms with Gasteiger partial charge in [-0.25, -0.2) is 9.59 Å². The number of hydrogen-bond donors (Lipinski definition) is 2. The number of benzene rings is 2. The number of aromatic amines is 1. The molecular formula is C23H25N3O5. The van der Waals surface area contributed by atoms with Crippen molar-refractivity contribution in [3.63, 3.8) is 0 Å². The third-order valence-electron chi connectivity index (χ3n) is 4.71. The molecule has 2 aromatic carbocycles. The number of rotatable bonds is 9. The molecule has 0 spiro atoms. The van der Waals surface area contributed by atoms with E-state index in [1.165, 1.54) is 6.08 Å². The lowest BCUT2D eigenvalue weighted by atomic mass is 10.2. The number of methoxy groups -OCH3 is 1. The first kappa shape index (κ1) is 21.9. The van der Waals surface area contributed by atoms with Gasteiger partial charge in [0, 0.05) is 12.6 Å². The third-order valence-corrected chi connectivity index (χ3v) is 4.71. The summed E-state index contributed by atoms with van der Waals surface area (Å²) < 4.78 is 11.9. The third kappa shape index (κ3) is 5.85. The molecule has 8 heteroatoms. The monoisotopic (exact) mass is 423 g/mol. The topological polar surface area (TPSA) is 102 Å². The molecule has 8 nitrogen and oxygen atoms in total. The molecule has 162 valence electrons. The van der Waals surface area contributed by atoms with E-state index >= 15 is 0 Å². The van der Waals surface area contributed by atoms with Crippen LogP contribution in [0, 0.1) is 0 Å². The van der Waals surface area contributed by atoms with Crippen LogP contribution in [-0.2, 0) is 20.9 Å². The molecule has 0 aliphatic rings. The molecule has 0 aliphatic carbocycles. The fourth-order valence-corrected chi connectivity index (χ4v) is 3.06. The fourth-order valence-electron chi connectivity index (χ4n) is 3.06. The Labute approximate surface area is 179 Å². The van der Waals surface area contributed by atoms with Gasteiger partial charge in [0.15, 0.2) is 0 Å². The predicted octanol–water partition coefficient (Wildman–Crippen LogP) is 2.49. The molecule has 1 heterocycles. The Kier molecular flexibility index (Phi) is 7.26. The van der Waals surface area contributed by atoms with Crippen molar-refractivity contribution >= 4 is 29.0 Å². The van der Waals surface area contributed by atoms with Crippen LogP contribution in [0.2, 0.25) is 0 Å². The molecule has 0 saturated heterocycles. The minimum atomic E-state index is -0.788. The summed E-state index contributed by atoms with van der Waals surface area (Å²) in [6.45, 7) is 2.12. The average molecular weight is 423 g/mol. The number of fused-ring (bicyclic) bond motifs is 1. The van der Waals surface area contributed by atoms with Crippen LogP contribution in [0.3, 0.4) is 0 Å². The van der Waals surface area contributed by atoms with Gasteiger partial charge in [0.2, 0.25) is 5.91 Å². The van der Waals surface area contributed by atoms with Crippen LogP contribution in [0.15, 0.2) is 59.4 Å². The highest BCUT2D eigenvalue weighted by molar-refractivity contribution is 5.94. The lowest BCUT2D eigenvalue weighted by Crippen LogP contribution is -2.38. The van der Waals surface area contributed by atoms with Crippen molar-refractivity contribution in [3.8, 4) is 5.75 Å². The summed E-state index contributed by atoms with van der Waals surface area (Å²) in [6, 6.07) is 13.8. The highest BCUT2D eigenvalue weighted by atomic mass is 16.5. The van der Waals surface area contributed by atoms with Crippen LogP contribution >= 0.6 is 0 Å². The van der Waals surface area contributed by atoms with E-state index in [1.54, 1.807) is 36.8 Å². The zero-order valence-corrected chi connectivity index (χ0v) is 17.5. The highest BCUT2D eigenvalue weighted by Gasteiger charge is 2.16. The van der Waals surface area contributed by atoms with Gasteiger partial charge in [0.05, 0.1) is 24.8 Å². The Bertz CT molecular complexity index is 1130. The number of amides is 1. The summed E-state index contributed by atoms with van der Waals surface area (Å²) in [5, 5.41) is 2.58. The summed E-state index contributed by atoms with van der Waals surface area (Å²) in [5.41, 5.74) is 2.21. The Morgan fingerprint density at radius 3 is 2.65 bits per heavy atom. The quantitative estimate of drug-likeness (QED) is 0.313. The number of H-pyrrole nitrogens is 1. The first-order valence-electron chi connectivity index (χ1n) is 9.95. The van der Waals surface area contributed by atoms with Crippen molar-refractivity contribution in [1.29, 1.82) is 0 Å². The van der Waals surface area contributed by atoms with E-state index in [1.807, 2.05) is 36.4 Å². The van der Waals surface area contributed by atoms with E-state index in [0.717, 1.165) is 22.3 Å². The molecule has 0 saturated carbocycles. The van der Waals surface area contributed by atoms with Crippen LogP contribution < -0.4 is 15.7 Å². The van der Waals surface area contributed by atoms with E-state index in [4.69, 9.17) is 9.47 Å². The van der Waals surface area contributed by atoms with Crippen LogP contribution in [0.5, 0.6) is 5.75 Å². The Balaban J connectivity index is 1.42. The molecule has 0 fully saturated rings. The summed E-state index contributed by atoms with van der Waals surface area (Å²) >= 11 is 0. The first-order chi connectivity index (χ1) is 15.0. The Morgan fingerprint density at radius 1 is 1.16 bits per heavy atom. The highest BCUT2D eigenvalue weighted by Crippen LogP contribution is 2.12. The predicted molar refractivity (Wildman–Crippen MR) is 118 cm³/mol. The standard InChI is InChI=1S/C23H25N3O5/c1-16(24-21(27)13-10-17-8-11-18(30-2)12-9-17)22(28)31-15-5-14-26-20-7-4-3-6-19(20)25-23(26)29/h3-4,6-13,16H,5,14-15H2,1-2H3,(H,24,27)(H,25,29)/b13-10+. The zero-order chi connectivity index (χ0) is 22.2. The average Bonchev–Trinajstić information content (AvgIpc) is 3.10. The van der Waals surface area contributed by atoms with E-state index in [0.29, 0.717) is 13.0 Å². The summed E-state index contributed by atoms with van der Waals surface area (Å²) in [7, 11) is 1.58. The summed E-state index contributed by atoms with van der Waals surface area (Å²) in [6.07, 6.45) is 3.48. The molecule has 0 radical (unpaired) electrons. The second kappa shape index (κ2) is 10.3. The molecule has 1 atom stereocenters. The van der Waals surface area contributed by atoms with Crippen molar-refractivity contribution in [3.05, 3.63) is 70.7 Å². The van der Waals surface area contributed by atoms with Gasteiger partial charge in [-0.15, -0.1) is 0 Å². The van der Waals surface area contributed by atoms with E-state index < -0.39 is 17.9 Å². The minimum absolute atomic E-state index is 0.146. The molecule has 0 aliphatic heterocycles. The van der Waals surface area contributed by atoms with Crippen LogP contribution in [0.4, 0.5) is 0 Å². The first-order valence-corrected chi connectivity index (χ1v) is 9.95. The number of para-hydroxylation sites is 2. The molecule has 31 heavy (non-hydrogen) atoms. The number of carbonyl (C=O) groups is 2. The lowest BCUT2D eigenvalue weighted by molar-refractivity contribution is -0.147. The zero-order valence-electron chi connectivity index (χ0n) is 17.5. The van der Waals surface area contributed by atoms with E-state index in [-0.39, 0.29) is 12.3 Å². The Morgan fingerprint density at radius 2 is 1.90 bits per heavy atom. The van der Waals surface area contributed by atoms with Gasteiger partial charge in [0.1, 0.15) is 11.8 Å². The Hall–Kier alpha value is -3.81. The van der Waals surface area contributed by atoms with Gasteiger partial charge in [-0.05, 0) is 49.2 Å². The molecule has 1 unspecified atom stereocenters. The minimum Gasteiger partial charge on any atom is -0.497 e. The van der Waals surface area contributed by atoms with Crippen LogP contribution in [-0.4, -0.2) is 41.2 Å². The van der Waals surface area contributed by atoms with Crippen LogP contribution in [0.1, 0.15) is 18.9 Å². The number of aryl methyl sites for hydroxylation is 1. The van der Waals surface area contributed by atoms with Crippen LogP contribution in [0.25, 0.3) is 17.1 Å². The number of aromatic nitrogens is 2. The smallest absolute Gasteiger partial charge is 0.328 e. The second-order valence-electron chi connectivity index (χ2n) is 6.96. The van der Waals surface area contributed by atoms with Crippen molar-refractivity contribution in [2.45, 2.75) is 25.9 Å². The number of imidazole rings is 1. The summed E-state index contributed by atoms with van der Waals surface area (Å²) in [5.74, 6) is -0.198. The van der Waals surface area contributed by atoms with Crippen molar-refractivity contribution in [2.75, 3.05) is 13.7 Å². The second-order valence-corrected chi connectivity index (χ2v) is 6.96. The molecule has 2 N–H and O–H groups in total. The molecule has 3 aromatic rings. The normalized spacial score (nSPS) is 12.1. The maximum absolute atomic E-state index is 12.1. The molecule has 1 amide bonds. The van der Waals surface area contributed by atoms with Gasteiger partial charge in [0.25, 0.3) is 0 Å². The van der Waals surface area contributed by atoms with Crippen molar-refractivity contribution in [2.24, 2.45) is 0 Å². The number of nitrogens with one attached hydrogen (secondary N) is 2. The van der Waals surface area contributed by atoms with Gasteiger partial charge in [-0.3, -0.25) is 9.36 Å². The number of nitrogens with zero attached hydrogens (tertiary/aromatic N) is 1. The SMILES string of the molecule is COc1ccc(/C=C/C(=O)NC(C)C(=O)OCCCn2c(=O)[nH]c3ccccc32)cc1. The molecule has 0 bridgehead atoms. The molecule has 3 rings (SSSR count). The number of carbonyl (C=O) groups excluding carboxylic acids is 2. The largest absolute Gasteiger partial charge is 0.497 e. The van der Waals surface area contributed by atoms with Gasteiger partial charge < -0.3 is 19.8 Å². The molecule has 1 aromatic heterocycles.